The van der Waals surface area contributed by atoms with Crippen molar-refractivity contribution in [3.8, 4) is 5.75 Å². The molecule has 0 radical (unpaired) electrons. The lowest BCUT2D eigenvalue weighted by atomic mass is 9.64. The summed E-state index contributed by atoms with van der Waals surface area (Å²) in [5.41, 5.74) is 2.05. The van der Waals surface area contributed by atoms with Crippen LogP contribution in [0.5, 0.6) is 5.75 Å². The molecule has 2 aromatic rings. The van der Waals surface area contributed by atoms with Gasteiger partial charge >= 0.3 is 0 Å². The van der Waals surface area contributed by atoms with Crippen molar-refractivity contribution in [2.45, 2.75) is 107 Å². The van der Waals surface area contributed by atoms with Gasteiger partial charge in [-0.15, -0.1) is 0 Å². The third-order valence-electron chi connectivity index (χ3n) is 13.5. The summed E-state index contributed by atoms with van der Waals surface area (Å²) in [4.78, 5) is 31.0. The van der Waals surface area contributed by atoms with Crippen LogP contribution in [-0.2, 0) is 31.4 Å². The summed E-state index contributed by atoms with van der Waals surface area (Å²) < 4.78 is 41.3. The smallest absolute Gasteiger partial charge is 0.264 e. The van der Waals surface area contributed by atoms with Crippen molar-refractivity contribution in [2.24, 2.45) is 17.8 Å². The van der Waals surface area contributed by atoms with E-state index in [1.165, 1.54) is 30.6 Å². The molecule has 3 fully saturated rings. The fourth-order valence-corrected chi connectivity index (χ4v) is 11.4. The third kappa shape index (κ3) is 7.48. The molecular formula is C42H57ClN4O6S. The molecule has 1 amide bonds. The van der Waals surface area contributed by atoms with Crippen LogP contribution >= 0.6 is 11.6 Å². The summed E-state index contributed by atoms with van der Waals surface area (Å²) >= 11 is 6.40. The van der Waals surface area contributed by atoms with Gasteiger partial charge in [-0.3, -0.25) is 14.5 Å². The molecule has 4 bridgehead atoms. The summed E-state index contributed by atoms with van der Waals surface area (Å²) in [6, 6.07) is 13.7. The molecule has 1 saturated carbocycles. The van der Waals surface area contributed by atoms with Crippen LogP contribution in [0.4, 0.5) is 5.69 Å². The van der Waals surface area contributed by atoms with Gasteiger partial charge in [0.05, 0.1) is 17.5 Å². The van der Waals surface area contributed by atoms with Crippen molar-refractivity contribution in [1.82, 2.24) is 14.9 Å². The number of fused-ring (bicyclic) bond motifs is 6. The van der Waals surface area contributed by atoms with E-state index in [-0.39, 0.29) is 28.7 Å². The number of amides is 1. The molecule has 0 unspecified atom stereocenters. The van der Waals surface area contributed by atoms with E-state index in [0.717, 1.165) is 62.2 Å². The number of piperazine rings is 1. The van der Waals surface area contributed by atoms with Crippen LogP contribution in [0, 0.1) is 17.8 Å². The molecule has 2 aromatic carbocycles. The molecule has 8 rings (SSSR count). The standard InChI is InChI=1S/C34H41ClN2O6S.C8H16N2/c1-22-6-4-15-34(20-38,42-3)29-11-8-26(29)18-37-19-33(14-5-7-24-16-27(35)10-12-28(24)33)21-43-31-13-9-25(17-30(31)37)32(39)36-44(40,41)23(22)2;1-6(2)10-5-7-3-8(10)4-9-7/h4,9-10,12-13,15-17,20,22-23,26,29H,5-8,11,14,18-19,21H2,1-3H3,(H,36,39);6-9H,3-5H2,1-2H3/b15-4+;/t22-,23+,26-,29+,33-,34-;7-,8-/m01/s1. The van der Waals surface area contributed by atoms with Crippen LogP contribution in [0.3, 0.4) is 0 Å². The largest absolute Gasteiger partial charge is 0.490 e. The van der Waals surface area contributed by atoms with Gasteiger partial charge in [-0.05, 0) is 125 Å². The third-order valence-corrected chi connectivity index (χ3v) is 15.6. The summed E-state index contributed by atoms with van der Waals surface area (Å²) in [6.45, 7) is 12.3. The Morgan fingerprint density at radius 1 is 1.11 bits per heavy atom. The van der Waals surface area contributed by atoms with Gasteiger partial charge in [0.1, 0.15) is 11.4 Å². The van der Waals surface area contributed by atoms with Gasteiger partial charge in [-0.1, -0.05) is 30.7 Å². The van der Waals surface area contributed by atoms with E-state index in [1.54, 1.807) is 32.2 Å². The molecule has 8 atom stereocenters. The lowest BCUT2D eigenvalue weighted by Gasteiger charge is -2.48. The van der Waals surface area contributed by atoms with E-state index < -0.39 is 26.8 Å². The normalized spacial score (nSPS) is 35.0. The highest BCUT2D eigenvalue weighted by Crippen LogP contribution is 2.48. The van der Waals surface area contributed by atoms with Gasteiger partial charge in [0.2, 0.25) is 10.0 Å². The molecule has 2 saturated heterocycles. The predicted octanol–water partition coefficient (Wildman–Crippen LogP) is 5.91. The lowest BCUT2D eigenvalue weighted by molar-refractivity contribution is -0.135. The Hall–Kier alpha value is -2.96. The maximum atomic E-state index is 13.4. The van der Waals surface area contributed by atoms with Crippen molar-refractivity contribution < 1.29 is 27.5 Å². The number of aryl methyl sites for hydroxylation is 1. The van der Waals surface area contributed by atoms with Crippen molar-refractivity contribution in [1.29, 1.82) is 0 Å². The lowest BCUT2D eigenvalue weighted by Crippen LogP contribution is -2.53. The summed E-state index contributed by atoms with van der Waals surface area (Å²) in [6.07, 6.45) is 11.0. The highest BCUT2D eigenvalue weighted by atomic mass is 35.5. The number of nitrogens with one attached hydrogen (secondary N) is 2. The molecule has 1 spiro atoms. The first kappa shape index (κ1) is 39.3. The Morgan fingerprint density at radius 3 is 2.57 bits per heavy atom. The fourth-order valence-electron chi connectivity index (χ4n) is 9.91. The zero-order valence-corrected chi connectivity index (χ0v) is 33.9. The van der Waals surface area contributed by atoms with Crippen molar-refractivity contribution in [3.05, 3.63) is 70.3 Å². The Balaban J connectivity index is 0.000000386. The van der Waals surface area contributed by atoms with Crippen molar-refractivity contribution in [3.63, 3.8) is 0 Å². The maximum Gasteiger partial charge on any atom is 0.264 e. The molecule has 10 nitrogen and oxygen atoms in total. The second kappa shape index (κ2) is 15.5. The van der Waals surface area contributed by atoms with Crippen LogP contribution in [-0.4, -0.2) is 94.4 Å². The molecule has 294 valence electrons. The number of nitrogens with zero attached hydrogens (tertiary/aromatic N) is 2. The first-order valence-electron chi connectivity index (χ1n) is 19.8. The first-order chi connectivity index (χ1) is 25.8. The van der Waals surface area contributed by atoms with Gasteiger partial charge < -0.3 is 19.7 Å². The fraction of sp³-hybridized carbons (Fsp3) is 0.619. The molecule has 2 aliphatic carbocycles. The number of rotatable bonds is 3. The number of halogens is 1. The summed E-state index contributed by atoms with van der Waals surface area (Å²) in [5, 5.41) is 3.38. The minimum Gasteiger partial charge on any atom is -0.490 e. The van der Waals surface area contributed by atoms with Crippen LogP contribution in [0.15, 0.2) is 48.6 Å². The highest BCUT2D eigenvalue weighted by Gasteiger charge is 2.49. The van der Waals surface area contributed by atoms with Gasteiger partial charge in [0.15, 0.2) is 6.29 Å². The monoisotopic (exact) mass is 780 g/mol. The summed E-state index contributed by atoms with van der Waals surface area (Å²) in [5.74, 6) is -0.203. The van der Waals surface area contributed by atoms with Gasteiger partial charge in [0.25, 0.3) is 5.91 Å². The number of carbonyl (C=O) groups is 2. The Kier molecular flexibility index (Phi) is 11.3. The number of allylic oxidation sites excluding steroid dienone is 1. The summed E-state index contributed by atoms with van der Waals surface area (Å²) in [7, 11) is -2.41. The number of benzene rings is 2. The van der Waals surface area contributed by atoms with E-state index in [2.05, 4.69) is 45.8 Å². The number of ether oxygens (including phenoxy) is 2. The van der Waals surface area contributed by atoms with Crippen molar-refractivity contribution in [2.75, 3.05) is 44.8 Å². The number of likely N-dealkylation sites (tertiary alicyclic amines) is 1. The molecule has 54 heavy (non-hydrogen) atoms. The molecule has 4 heterocycles. The Morgan fingerprint density at radius 2 is 1.93 bits per heavy atom. The Bertz CT molecular complexity index is 1870. The van der Waals surface area contributed by atoms with E-state index in [9.17, 15) is 18.0 Å². The second-order valence-electron chi connectivity index (χ2n) is 17.0. The molecule has 4 aliphatic heterocycles. The topological polar surface area (TPSA) is 117 Å². The minimum absolute atomic E-state index is 0.0434. The van der Waals surface area contributed by atoms with E-state index in [4.69, 9.17) is 21.1 Å². The molecule has 12 heteroatoms. The van der Waals surface area contributed by atoms with Crippen LogP contribution in [0.25, 0.3) is 0 Å². The van der Waals surface area contributed by atoms with E-state index in [1.807, 2.05) is 25.1 Å². The quantitative estimate of drug-likeness (QED) is 0.290. The number of hydrogen-bond acceptors (Lipinski definition) is 9. The number of methoxy groups -OCH3 is 1. The average Bonchev–Trinajstić information content (AvgIpc) is 3.75. The van der Waals surface area contributed by atoms with Gasteiger partial charge in [0, 0.05) is 73.3 Å². The molecule has 0 aromatic heterocycles. The van der Waals surface area contributed by atoms with Gasteiger partial charge in [-0.2, -0.15) is 0 Å². The first-order valence-corrected chi connectivity index (χ1v) is 21.8. The zero-order valence-electron chi connectivity index (χ0n) is 32.4. The second-order valence-corrected chi connectivity index (χ2v) is 19.5. The molecule has 6 aliphatic rings. The average molecular weight is 781 g/mol. The number of anilines is 1. The Labute approximate surface area is 326 Å². The minimum atomic E-state index is -3.97. The number of hydrogen-bond donors (Lipinski definition) is 2. The predicted molar refractivity (Wildman–Crippen MR) is 213 cm³/mol. The molecular weight excluding hydrogens is 724 g/mol. The zero-order chi connectivity index (χ0) is 38.4. The number of carbonyl (C=O) groups excluding carboxylic acids is 2. The maximum absolute atomic E-state index is 13.4. The molecule has 2 N–H and O–H groups in total. The van der Waals surface area contributed by atoms with E-state index >= 15 is 0 Å². The van der Waals surface area contributed by atoms with Crippen LogP contribution < -0.4 is 19.7 Å². The number of aldehydes is 1. The number of sulfonamides is 1. The van der Waals surface area contributed by atoms with Gasteiger partial charge in [-0.25, -0.2) is 13.1 Å². The van der Waals surface area contributed by atoms with Crippen molar-refractivity contribution >= 4 is 39.5 Å². The van der Waals surface area contributed by atoms with Crippen LogP contribution in [0.2, 0.25) is 5.02 Å². The SMILES string of the molecule is CC(C)N1C[C@H]2C[C@@H]1CN2.CO[C@]1(C=O)/C=C/C[C@H](C)[C@@H](C)S(=O)(=O)NC(=O)c2ccc3c(c2)N(C[C@@H]2CC[C@H]21)C[C@@]1(CCCc2cc(Cl)ccc21)CO3. The highest BCUT2D eigenvalue weighted by molar-refractivity contribution is 7.90. The van der Waals surface area contributed by atoms with E-state index in [0.29, 0.717) is 36.9 Å². The van der Waals surface area contributed by atoms with Crippen LogP contribution in [0.1, 0.15) is 87.7 Å².